The van der Waals surface area contributed by atoms with E-state index in [1.165, 1.54) is 0 Å². The Morgan fingerprint density at radius 3 is 1.50 bits per heavy atom. The molecule has 0 saturated carbocycles. The van der Waals surface area contributed by atoms with Crippen molar-refractivity contribution in [1.29, 1.82) is 0 Å². The van der Waals surface area contributed by atoms with Gasteiger partial charge in [0, 0.05) is 0 Å². The standard InChI is InChI=1S/C7H16N2O/c1-5(2)9(6(3)4)7(8)10/h5-6H,1-4H3,(H2,8,10)/p+1. The van der Waals surface area contributed by atoms with E-state index in [0.29, 0.717) is 0 Å². The highest BCUT2D eigenvalue weighted by Crippen LogP contribution is 1.75. The van der Waals surface area contributed by atoms with Gasteiger partial charge in [-0.2, -0.15) is 0 Å². The smallest absolute Gasteiger partial charge is 0.319 e. The highest BCUT2D eigenvalue weighted by atomic mass is 16.2. The molecule has 0 aromatic carbocycles. The van der Waals surface area contributed by atoms with Crippen molar-refractivity contribution in [2.75, 3.05) is 0 Å². The molecule has 0 saturated heterocycles. The monoisotopic (exact) mass is 145 g/mol. The molecule has 0 atom stereocenters. The topological polar surface area (TPSA) is 47.5 Å². The molecule has 2 amide bonds. The highest BCUT2D eigenvalue weighted by Gasteiger charge is 2.22. The van der Waals surface area contributed by atoms with Gasteiger partial charge < -0.3 is 5.73 Å². The molecule has 3 nitrogen and oxygen atoms in total. The summed E-state index contributed by atoms with van der Waals surface area (Å²) in [6.45, 7) is 7.94. The molecule has 60 valence electrons. The van der Waals surface area contributed by atoms with E-state index in [4.69, 9.17) is 5.73 Å². The summed E-state index contributed by atoms with van der Waals surface area (Å²) in [4.78, 5) is 11.6. The molecule has 0 aliphatic rings. The van der Waals surface area contributed by atoms with Crippen molar-refractivity contribution >= 4 is 6.03 Å². The number of carbonyl (C=O) groups is 1. The van der Waals surface area contributed by atoms with Crippen molar-refractivity contribution in [2.24, 2.45) is 5.73 Å². The van der Waals surface area contributed by atoms with Crippen molar-refractivity contribution in [3.05, 3.63) is 0 Å². The summed E-state index contributed by atoms with van der Waals surface area (Å²) in [7, 11) is 0. The normalized spacial score (nSPS) is 11.5. The predicted molar refractivity (Wildman–Crippen MR) is 40.8 cm³/mol. The molecule has 0 heterocycles. The van der Waals surface area contributed by atoms with E-state index in [9.17, 15) is 4.79 Å². The van der Waals surface area contributed by atoms with Crippen LogP contribution in [0.4, 0.5) is 4.79 Å². The molecular formula is C7H17N2O+. The number of amides is 2. The largest absolute Gasteiger partial charge is 0.412 e. The van der Waals surface area contributed by atoms with Crippen molar-refractivity contribution in [3.8, 4) is 0 Å². The van der Waals surface area contributed by atoms with Crippen molar-refractivity contribution in [3.63, 3.8) is 0 Å². The minimum Gasteiger partial charge on any atom is -0.319 e. The molecule has 0 aromatic heterocycles. The quantitative estimate of drug-likeness (QED) is 0.554. The molecule has 0 aliphatic carbocycles. The number of nitrogens with one attached hydrogen (secondary N) is 1. The zero-order valence-electron chi connectivity index (χ0n) is 7.14. The maximum Gasteiger partial charge on any atom is 0.412 e. The Kier molecular flexibility index (Phi) is 3.36. The van der Waals surface area contributed by atoms with Crippen LogP contribution in [0.3, 0.4) is 0 Å². The second kappa shape index (κ2) is 3.56. The molecule has 0 aromatic rings. The van der Waals surface area contributed by atoms with Gasteiger partial charge in [-0.05, 0) is 27.7 Å². The van der Waals surface area contributed by atoms with Crippen LogP contribution in [0.25, 0.3) is 0 Å². The van der Waals surface area contributed by atoms with Gasteiger partial charge in [-0.3, -0.25) is 0 Å². The number of hydrogen-bond donors (Lipinski definition) is 2. The van der Waals surface area contributed by atoms with E-state index in [-0.39, 0.29) is 18.1 Å². The first-order valence-electron chi connectivity index (χ1n) is 3.63. The maximum absolute atomic E-state index is 10.8. The molecule has 10 heavy (non-hydrogen) atoms. The molecule has 0 unspecified atom stereocenters. The fourth-order valence-corrected chi connectivity index (χ4v) is 1.24. The van der Waals surface area contributed by atoms with Gasteiger partial charge in [0.05, 0.1) is 12.1 Å². The van der Waals surface area contributed by atoms with E-state index in [1.807, 2.05) is 27.7 Å². The Morgan fingerprint density at radius 1 is 1.20 bits per heavy atom. The molecule has 0 aliphatic heterocycles. The van der Waals surface area contributed by atoms with Crippen LogP contribution in [-0.2, 0) is 0 Å². The van der Waals surface area contributed by atoms with Gasteiger partial charge in [-0.1, -0.05) is 0 Å². The average Bonchev–Trinajstić information content (AvgIpc) is 1.59. The summed E-state index contributed by atoms with van der Waals surface area (Å²) >= 11 is 0. The number of nitrogens with two attached hydrogens (primary N) is 1. The van der Waals surface area contributed by atoms with Gasteiger partial charge in [0.15, 0.2) is 0 Å². The van der Waals surface area contributed by atoms with Crippen molar-refractivity contribution in [1.82, 2.24) is 0 Å². The maximum atomic E-state index is 10.8. The zero-order chi connectivity index (χ0) is 8.31. The van der Waals surface area contributed by atoms with Crippen LogP contribution in [0.5, 0.6) is 0 Å². The van der Waals surface area contributed by atoms with E-state index in [0.717, 1.165) is 4.90 Å². The number of rotatable bonds is 2. The molecule has 3 N–H and O–H groups in total. The lowest BCUT2D eigenvalue weighted by Crippen LogP contribution is -3.21. The lowest BCUT2D eigenvalue weighted by Gasteiger charge is -2.22. The second-order valence-corrected chi connectivity index (χ2v) is 3.13. The van der Waals surface area contributed by atoms with Crippen molar-refractivity contribution in [2.45, 2.75) is 39.8 Å². The fourth-order valence-electron chi connectivity index (χ4n) is 1.24. The molecule has 0 spiro atoms. The lowest BCUT2D eigenvalue weighted by molar-refractivity contribution is -0.860. The lowest BCUT2D eigenvalue weighted by atomic mass is 10.2. The molecule has 0 bridgehead atoms. The Morgan fingerprint density at radius 2 is 1.50 bits per heavy atom. The molecular weight excluding hydrogens is 128 g/mol. The first-order valence-corrected chi connectivity index (χ1v) is 3.63. The van der Waals surface area contributed by atoms with Gasteiger partial charge in [0.1, 0.15) is 0 Å². The van der Waals surface area contributed by atoms with Crippen LogP contribution >= 0.6 is 0 Å². The summed E-state index contributed by atoms with van der Waals surface area (Å²) in [5, 5.41) is 0. The number of primary amides is 1. The number of hydrogen-bond acceptors (Lipinski definition) is 1. The van der Waals surface area contributed by atoms with Crippen LogP contribution < -0.4 is 10.6 Å². The first kappa shape index (κ1) is 9.43. The Hall–Kier alpha value is -0.570. The van der Waals surface area contributed by atoms with Gasteiger partial charge in [-0.25, -0.2) is 9.69 Å². The summed E-state index contributed by atoms with van der Waals surface area (Å²) in [5.74, 6) is 0. The van der Waals surface area contributed by atoms with Crippen LogP contribution in [0.1, 0.15) is 27.7 Å². The molecule has 0 radical (unpaired) electrons. The van der Waals surface area contributed by atoms with E-state index < -0.39 is 0 Å². The average molecular weight is 145 g/mol. The minimum atomic E-state index is -0.259. The van der Waals surface area contributed by atoms with Gasteiger partial charge in [-0.15, -0.1) is 0 Å². The first-order chi connectivity index (χ1) is 4.46. The van der Waals surface area contributed by atoms with E-state index in [2.05, 4.69) is 0 Å². The Bertz CT molecular complexity index is 113. The summed E-state index contributed by atoms with van der Waals surface area (Å²) in [6.07, 6.45) is 0. The van der Waals surface area contributed by atoms with Gasteiger partial charge >= 0.3 is 6.03 Å². The third kappa shape index (κ3) is 2.35. The third-order valence-corrected chi connectivity index (χ3v) is 1.53. The Balaban J connectivity index is 4.12. The predicted octanol–water partition coefficient (Wildman–Crippen LogP) is -0.233. The molecule has 0 rings (SSSR count). The van der Waals surface area contributed by atoms with E-state index in [1.54, 1.807) is 0 Å². The zero-order valence-corrected chi connectivity index (χ0v) is 7.14. The van der Waals surface area contributed by atoms with Crippen LogP contribution in [0, 0.1) is 0 Å². The summed E-state index contributed by atoms with van der Waals surface area (Å²) in [6, 6.07) is 0.292. The van der Waals surface area contributed by atoms with Gasteiger partial charge in [0.2, 0.25) is 0 Å². The summed E-state index contributed by atoms with van der Waals surface area (Å²) < 4.78 is 0. The highest BCUT2D eigenvalue weighted by molar-refractivity contribution is 5.61. The number of carbonyl (C=O) groups excluding carboxylic acids is 1. The van der Waals surface area contributed by atoms with Crippen LogP contribution in [-0.4, -0.2) is 18.1 Å². The number of urea groups is 1. The van der Waals surface area contributed by atoms with Crippen LogP contribution in [0.2, 0.25) is 0 Å². The summed E-state index contributed by atoms with van der Waals surface area (Å²) in [5.41, 5.74) is 5.16. The van der Waals surface area contributed by atoms with Crippen LogP contribution in [0.15, 0.2) is 0 Å². The Labute approximate surface area is 62.2 Å². The molecule has 3 heteroatoms. The fraction of sp³-hybridized carbons (Fsp3) is 0.857. The minimum absolute atomic E-state index is 0.259. The SMILES string of the molecule is CC(C)[NH+](C(N)=O)C(C)C. The van der Waals surface area contributed by atoms with E-state index >= 15 is 0 Å². The van der Waals surface area contributed by atoms with Crippen molar-refractivity contribution < 1.29 is 9.69 Å². The third-order valence-electron chi connectivity index (χ3n) is 1.53. The number of quaternary nitrogens is 1. The van der Waals surface area contributed by atoms with Gasteiger partial charge in [0.25, 0.3) is 0 Å². The molecule has 0 fully saturated rings. The second-order valence-electron chi connectivity index (χ2n) is 3.13.